The normalized spacial score (nSPS) is 11.4. The third kappa shape index (κ3) is 4.03. The lowest BCUT2D eigenvalue weighted by atomic mass is 10.2. The molecule has 0 radical (unpaired) electrons. The van der Waals surface area contributed by atoms with Gasteiger partial charge in [-0.2, -0.15) is 0 Å². The van der Waals surface area contributed by atoms with Crippen LogP contribution in [0.1, 0.15) is 5.56 Å². The molecule has 0 aliphatic rings. The van der Waals surface area contributed by atoms with E-state index in [9.17, 15) is 9.90 Å². The van der Waals surface area contributed by atoms with Crippen molar-refractivity contribution in [3.8, 4) is 5.88 Å². The van der Waals surface area contributed by atoms with Crippen LogP contribution < -0.4 is 0 Å². The number of rotatable bonds is 5. The lowest BCUT2D eigenvalue weighted by molar-refractivity contribution is -0.115. The molecule has 0 saturated heterocycles. The molecule has 128 valence electrons. The molecule has 0 spiro atoms. The predicted molar refractivity (Wildman–Crippen MR) is 102 cm³/mol. The third-order valence-corrected chi connectivity index (χ3v) is 4.92. The van der Waals surface area contributed by atoms with E-state index in [4.69, 9.17) is 11.6 Å². The van der Waals surface area contributed by atoms with Crippen LogP contribution in [0.5, 0.6) is 5.88 Å². The van der Waals surface area contributed by atoms with Crippen molar-refractivity contribution >= 4 is 45.9 Å². The maximum absolute atomic E-state index is 11.9. The van der Waals surface area contributed by atoms with Crippen molar-refractivity contribution in [3.63, 3.8) is 0 Å². The van der Waals surface area contributed by atoms with Crippen molar-refractivity contribution in [3.05, 3.63) is 59.1 Å². The van der Waals surface area contributed by atoms with Crippen LogP contribution in [-0.2, 0) is 17.6 Å². The van der Waals surface area contributed by atoms with E-state index in [0.29, 0.717) is 16.5 Å². The highest BCUT2D eigenvalue weighted by atomic mass is 35.5. The molecule has 25 heavy (non-hydrogen) atoms. The molecule has 0 bridgehead atoms. The zero-order valence-corrected chi connectivity index (χ0v) is 15.1. The first-order valence-electron chi connectivity index (χ1n) is 7.59. The summed E-state index contributed by atoms with van der Waals surface area (Å²) in [6.45, 7) is 0. The molecule has 0 saturated carbocycles. The van der Waals surface area contributed by atoms with E-state index in [-0.39, 0.29) is 17.5 Å². The Hall–Kier alpha value is -2.31. The average molecular weight is 374 g/mol. The Morgan fingerprint density at radius 1 is 1.24 bits per heavy atom. The second-order valence-electron chi connectivity index (χ2n) is 5.46. The van der Waals surface area contributed by atoms with Crippen molar-refractivity contribution < 1.29 is 9.90 Å². The minimum Gasteiger partial charge on any atom is -0.493 e. The average Bonchev–Trinajstić information content (AvgIpc) is 2.85. The quantitative estimate of drug-likeness (QED) is 0.634. The second kappa shape index (κ2) is 7.72. The summed E-state index contributed by atoms with van der Waals surface area (Å²) in [6.07, 6.45) is 0. The molecule has 5 nitrogen and oxygen atoms in total. The van der Waals surface area contributed by atoms with Crippen LogP contribution in [0, 0.1) is 0 Å². The van der Waals surface area contributed by atoms with E-state index < -0.39 is 0 Å². The van der Waals surface area contributed by atoms with E-state index in [1.54, 1.807) is 11.6 Å². The van der Waals surface area contributed by atoms with Gasteiger partial charge in [0, 0.05) is 23.2 Å². The molecule has 7 heteroatoms. The van der Waals surface area contributed by atoms with Crippen molar-refractivity contribution in [2.45, 2.75) is 5.75 Å². The number of para-hydroxylation sites is 1. The lowest BCUT2D eigenvalue weighted by Gasteiger charge is -2.00. The highest BCUT2D eigenvalue weighted by Crippen LogP contribution is 2.37. The summed E-state index contributed by atoms with van der Waals surface area (Å²) in [5.41, 5.74) is 2.19. The summed E-state index contributed by atoms with van der Waals surface area (Å²) < 4.78 is 1.61. The van der Waals surface area contributed by atoms with Gasteiger partial charge in [0.1, 0.15) is 0 Å². The monoisotopic (exact) mass is 373 g/mol. The molecule has 1 aromatic heterocycles. The Morgan fingerprint density at radius 3 is 2.84 bits per heavy atom. The van der Waals surface area contributed by atoms with Gasteiger partial charge in [-0.05, 0) is 23.8 Å². The van der Waals surface area contributed by atoms with Crippen molar-refractivity contribution in [2.75, 3.05) is 5.75 Å². The Labute approximate surface area is 154 Å². The number of halogens is 1. The molecule has 0 aliphatic carbocycles. The van der Waals surface area contributed by atoms with Crippen molar-refractivity contribution in [2.24, 2.45) is 17.3 Å². The van der Waals surface area contributed by atoms with Gasteiger partial charge >= 0.3 is 0 Å². The number of aryl methyl sites for hydroxylation is 1. The lowest BCUT2D eigenvalue weighted by Crippen LogP contribution is -1.96. The maximum atomic E-state index is 11.9. The Kier molecular flexibility index (Phi) is 5.40. The molecular formula is C18H16ClN3O2S. The Balaban J connectivity index is 1.64. The molecule has 0 fully saturated rings. The van der Waals surface area contributed by atoms with Crippen LogP contribution in [-0.4, -0.2) is 21.3 Å². The van der Waals surface area contributed by atoms with E-state index in [2.05, 4.69) is 10.2 Å². The van der Waals surface area contributed by atoms with Crippen LogP contribution >= 0.6 is 23.4 Å². The van der Waals surface area contributed by atoms with E-state index in [0.717, 1.165) is 16.5 Å². The van der Waals surface area contributed by atoms with Crippen molar-refractivity contribution in [1.82, 2.24) is 4.57 Å². The molecule has 3 aromatic rings. The minimum atomic E-state index is -0.348. The number of benzene rings is 2. The summed E-state index contributed by atoms with van der Waals surface area (Å²) in [7, 11) is 1.74. The first-order chi connectivity index (χ1) is 12.1. The molecule has 0 aliphatic heterocycles. The summed E-state index contributed by atoms with van der Waals surface area (Å²) >= 11 is 7.37. The van der Waals surface area contributed by atoms with Gasteiger partial charge in [0.05, 0.1) is 11.3 Å². The van der Waals surface area contributed by atoms with Gasteiger partial charge in [0.15, 0.2) is 5.69 Å². The van der Waals surface area contributed by atoms with Gasteiger partial charge < -0.3 is 9.67 Å². The number of carbonyl (C=O) groups excluding carboxylic acids is 1. The molecule has 1 N–H and O–H groups in total. The predicted octanol–water partition coefficient (Wildman–Crippen LogP) is 5.08. The van der Waals surface area contributed by atoms with E-state index >= 15 is 0 Å². The number of carbonyl (C=O) groups is 1. The third-order valence-electron chi connectivity index (χ3n) is 3.69. The molecule has 0 atom stereocenters. The zero-order valence-electron chi connectivity index (χ0n) is 13.5. The molecule has 1 amide bonds. The topological polar surface area (TPSA) is 66.9 Å². The van der Waals surface area contributed by atoms with Gasteiger partial charge in [-0.15, -0.1) is 22.0 Å². The van der Waals surface area contributed by atoms with Gasteiger partial charge in [-0.1, -0.05) is 41.9 Å². The van der Waals surface area contributed by atoms with E-state index in [1.807, 2.05) is 48.5 Å². The zero-order chi connectivity index (χ0) is 17.8. The van der Waals surface area contributed by atoms with Crippen LogP contribution in [0.3, 0.4) is 0 Å². The van der Waals surface area contributed by atoms with Crippen LogP contribution in [0.25, 0.3) is 10.9 Å². The Bertz CT molecular complexity index is 953. The fraction of sp³-hybridized carbons (Fsp3) is 0.167. The Morgan fingerprint density at radius 2 is 2.04 bits per heavy atom. The number of azo groups is 1. The molecule has 0 unspecified atom stereocenters. The molecule has 1 heterocycles. The first-order valence-corrected chi connectivity index (χ1v) is 9.12. The first kappa shape index (κ1) is 17.5. The van der Waals surface area contributed by atoms with Gasteiger partial charge in [-0.3, -0.25) is 4.79 Å². The molecular weight excluding hydrogens is 358 g/mol. The fourth-order valence-corrected chi connectivity index (χ4v) is 3.44. The number of aromatic nitrogens is 1. The minimum absolute atomic E-state index is 0.00988. The van der Waals surface area contributed by atoms with Gasteiger partial charge in [0.25, 0.3) is 5.91 Å². The molecule has 3 rings (SSSR count). The fourth-order valence-electron chi connectivity index (χ4n) is 2.48. The van der Waals surface area contributed by atoms with Crippen LogP contribution in [0.4, 0.5) is 5.69 Å². The summed E-state index contributed by atoms with van der Waals surface area (Å²) in [6, 6.07) is 14.9. The standard InChI is InChI=1S/C18H16ClN3O2S/c1-22-15-8-3-2-7-14(15)17(18(22)24)21-20-16(23)11-25-10-12-5-4-6-13(19)9-12/h2-9,24H,10-11H2,1H3. The smallest absolute Gasteiger partial charge is 0.274 e. The summed E-state index contributed by atoms with van der Waals surface area (Å²) in [5.74, 6) is 0.520. The number of hydrogen-bond donors (Lipinski definition) is 1. The van der Waals surface area contributed by atoms with Gasteiger partial charge in [0.2, 0.25) is 5.88 Å². The number of hydrogen-bond acceptors (Lipinski definition) is 4. The van der Waals surface area contributed by atoms with Crippen molar-refractivity contribution in [1.29, 1.82) is 0 Å². The second-order valence-corrected chi connectivity index (χ2v) is 6.89. The summed E-state index contributed by atoms with van der Waals surface area (Å²) in [5, 5.41) is 19.3. The number of amides is 1. The number of nitrogens with zero attached hydrogens (tertiary/aromatic N) is 3. The van der Waals surface area contributed by atoms with Crippen LogP contribution in [0.2, 0.25) is 5.02 Å². The highest BCUT2D eigenvalue weighted by molar-refractivity contribution is 7.99. The number of fused-ring (bicyclic) bond motifs is 1. The molecule has 2 aromatic carbocycles. The van der Waals surface area contributed by atoms with E-state index in [1.165, 1.54) is 11.8 Å². The highest BCUT2D eigenvalue weighted by Gasteiger charge is 2.14. The van der Waals surface area contributed by atoms with Crippen LogP contribution in [0.15, 0.2) is 58.8 Å². The maximum Gasteiger partial charge on any atom is 0.274 e. The van der Waals surface area contributed by atoms with Gasteiger partial charge in [-0.25, -0.2) is 0 Å². The SMILES string of the molecule is Cn1c(O)c(N=NC(=O)CSCc2cccc(Cl)c2)c2ccccc21. The number of aromatic hydroxyl groups is 1. The number of thioether (sulfide) groups is 1. The summed E-state index contributed by atoms with van der Waals surface area (Å²) in [4.78, 5) is 11.9. The largest absolute Gasteiger partial charge is 0.493 e.